The lowest BCUT2D eigenvalue weighted by atomic mass is 10.1. The maximum atomic E-state index is 11.7. The highest BCUT2D eigenvalue weighted by Crippen LogP contribution is 2.14. The smallest absolute Gasteiger partial charge is 0.340 e. The van der Waals surface area contributed by atoms with Gasteiger partial charge in [-0.3, -0.25) is 0 Å². The summed E-state index contributed by atoms with van der Waals surface area (Å²) in [6.45, 7) is 2.99. The van der Waals surface area contributed by atoms with E-state index in [-0.39, 0.29) is 5.97 Å². The second kappa shape index (κ2) is 5.51. The first-order valence-electron chi connectivity index (χ1n) is 5.18. The summed E-state index contributed by atoms with van der Waals surface area (Å²) in [5.74, 6) is -0.358. The van der Waals surface area contributed by atoms with Gasteiger partial charge in [-0.1, -0.05) is 11.6 Å². The third kappa shape index (κ3) is 3.55. The van der Waals surface area contributed by atoms with Gasteiger partial charge < -0.3 is 15.4 Å². The van der Waals surface area contributed by atoms with Crippen molar-refractivity contribution in [1.82, 2.24) is 4.90 Å². The first-order valence-corrected chi connectivity index (χ1v) is 5.18. The van der Waals surface area contributed by atoms with Crippen molar-refractivity contribution in [3.63, 3.8) is 0 Å². The van der Waals surface area contributed by atoms with Gasteiger partial charge in [0.2, 0.25) is 0 Å². The molecule has 0 fully saturated rings. The number of likely N-dealkylation sites (N-methyl/N-ethyl adjacent to an activating group) is 1. The molecular formula is C12H18N2O2. The molecule has 0 saturated carbocycles. The number of carbonyl (C=O) groups is 1. The van der Waals surface area contributed by atoms with E-state index in [1.807, 2.05) is 32.0 Å². The number of nitrogens with zero attached hydrogens (tertiary/aromatic N) is 1. The quantitative estimate of drug-likeness (QED) is 0.616. The molecule has 0 spiro atoms. The van der Waals surface area contributed by atoms with Gasteiger partial charge in [0.25, 0.3) is 0 Å². The number of nitrogen functional groups attached to an aromatic ring is 1. The molecule has 1 rings (SSSR count). The molecular weight excluding hydrogens is 204 g/mol. The molecule has 0 aromatic heterocycles. The third-order valence-corrected chi connectivity index (χ3v) is 2.20. The van der Waals surface area contributed by atoms with Gasteiger partial charge in [-0.05, 0) is 33.2 Å². The van der Waals surface area contributed by atoms with Crippen LogP contribution >= 0.6 is 0 Å². The molecule has 0 aliphatic rings. The van der Waals surface area contributed by atoms with Crippen molar-refractivity contribution in [2.75, 3.05) is 33.0 Å². The summed E-state index contributed by atoms with van der Waals surface area (Å²) in [7, 11) is 3.85. The van der Waals surface area contributed by atoms with Crippen LogP contribution in [0.2, 0.25) is 0 Å². The maximum Gasteiger partial charge on any atom is 0.340 e. The van der Waals surface area contributed by atoms with Crippen LogP contribution in [-0.2, 0) is 4.74 Å². The van der Waals surface area contributed by atoms with Gasteiger partial charge in [-0.15, -0.1) is 0 Å². The van der Waals surface area contributed by atoms with E-state index in [0.717, 1.165) is 5.56 Å². The monoisotopic (exact) mass is 222 g/mol. The molecule has 0 heterocycles. The maximum absolute atomic E-state index is 11.7. The molecule has 88 valence electrons. The minimum Gasteiger partial charge on any atom is -0.461 e. The average molecular weight is 222 g/mol. The van der Waals surface area contributed by atoms with Crippen molar-refractivity contribution in [2.45, 2.75) is 6.92 Å². The molecule has 0 unspecified atom stereocenters. The molecule has 4 nitrogen and oxygen atoms in total. The number of hydrogen-bond acceptors (Lipinski definition) is 4. The number of nitrogens with two attached hydrogens (primary N) is 1. The Balaban J connectivity index is 2.62. The van der Waals surface area contributed by atoms with Gasteiger partial charge in [0.1, 0.15) is 6.61 Å². The van der Waals surface area contributed by atoms with Crippen LogP contribution in [-0.4, -0.2) is 38.1 Å². The molecule has 0 amide bonds. The van der Waals surface area contributed by atoms with E-state index in [1.54, 1.807) is 12.1 Å². The fourth-order valence-corrected chi connectivity index (χ4v) is 1.25. The zero-order valence-corrected chi connectivity index (χ0v) is 9.99. The second-order valence-electron chi connectivity index (χ2n) is 4.03. The molecule has 2 N–H and O–H groups in total. The number of anilines is 1. The molecule has 0 radical (unpaired) electrons. The highest BCUT2D eigenvalue weighted by Gasteiger charge is 2.11. The van der Waals surface area contributed by atoms with Gasteiger partial charge in [0.15, 0.2) is 0 Å². The minimum absolute atomic E-state index is 0.358. The number of aryl methyl sites for hydroxylation is 1. The largest absolute Gasteiger partial charge is 0.461 e. The topological polar surface area (TPSA) is 55.6 Å². The van der Waals surface area contributed by atoms with E-state index in [0.29, 0.717) is 24.4 Å². The van der Waals surface area contributed by atoms with Gasteiger partial charge in [-0.25, -0.2) is 4.79 Å². The molecule has 0 bridgehead atoms. The normalized spacial score (nSPS) is 10.5. The Bertz CT molecular complexity index is 375. The molecule has 0 atom stereocenters. The molecule has 0 saturated heterocycles. The average Bonchev–Trinajstić information content (AvgIpc) is 2.21. The van der Waals surface area contributed by atoms with E-state index in [4.69, 9.17) is 10.5 Å². The minimum atomic E-state index is -0.358. The van der Waals surface area contributed by atoms with Crippen molar-refractivity contribution >= 4 is 11.7 Å². The van der Waals surface area contributed by atoms with E-state index < -0.39 is 0 Å². The molecule has 1 aromatic rings. The molecule has 16 heavy (non-hydrogen) atoms. The van der Waals surface area contributed by atoms with Crippen LogP contribution in [0.3, 0.4) is 0 Å². The predicted molar refractivity (Wildman–Crippen MR) is 64.4 cm³/mol. The molecule has 0 aliphatic heterocycles. The summed E-state index contributed by atoms with van der Waals surface area (Å²) >= 11 is 0. The number of carbonyl (C=O) groups excluding carboxylic acids is 1. The highest BCUT2D eigenvalue weighted by molar-refractivity contribution is 5.95. The van der Waals surface area contributed by atoms with Crippen LogP contribution in [0.15, 0.2) is 18.2 Å². The summed E-state index contributed by atoms with van der Waals surface area (Å²) in [5, 5.41) is 0. The lowest BCUT2D eigenvalue weighted by Crippen LogP contribution is -2.20. The lowest BCUT2D eigenvalue weighted by molar-refractivity contribution is 0.0483. The number of rotatable bonds is 4. The van der Waals surface area contributed by atoms with Crippen molar-refractivity contribution in [1.29, 1.82) is 0 Å². The number of benzene rings is 1. The SMILES string of the molecule is Cc1ccc(N)c(C(=O)OCCN(C)C)c1. The van der Waals surface area contributed by atoms with E-state index in [2.05, 4.69) is 0 Å². The summed E-state index contributed by atoms with van der Waals surface area (Å²) in [6, 6.07) is 5.33. The van der Waals surface area contributed by atoms with Crippen molar-refractivity contribution in [2.24, 2.45) is 0 Å². The Kier molecular flexibility index (Phi) is 4.31. The zero-order valence-electron chi connectivity index (χ0n) is 9.99. The second-order valence-corrected chi connectivity index (χ2v) is 4.03. The van der Waals surface area contributed by atoms with E-state index in [1.165, 1.54) is 0 Å². The van der Waals surface area contributed by atoms with Gasteiger partial charge in [0.05, 0.1) is 5.56 Å². The van der Waals surface area contributed by atoms with E-state index in [9.17, 15) is 4.79 Å². The number of hydrogen-bond donors (Lipinski definition) is 1. The molecule has 0 aliphatic carbocycles. The zero-order chi connectivity index (χ0) is 12.1. The van der Waals surface area contributed by atoms with Crippen LogP contribution < -0.4 is 5.73 Å². The lowest BCUT2D eigenvalue weighted by Gasteiger charge is -2.11. The Labute approximate surface area is 96.0 Å². The van der Waals surface area contributed by atoms with Crippen LogP contribution in [0, 0.1) is 6.92 Å². The summed E-state index contributed by atoms with van der Waals surface area (Å²) in [5.41, 5.74) is 7.61. The Hall–Kier alpha value is -1.55. The molecule has 4 heteroatoms. The Morgan fingerprint density at radius 2 is 2.12 bits per heavy atom. The first-order chi connectivity index (χ1) is 7.50. The van der Waals surface area contributed by atoms with Gasteiger partial charge >= 0.3 is 5.97 Å². The van der Waals surface area contributed by atoms with Crippen molar-refractivity contribution in [3.05, 3.63) is 29.3 Å². The Morgan fingerprint density at radius 1 is 1.44 bits per heavy atom. The predicted octanol–water partition coefficient (Wildman–Crippen LogP) is 1.30. The van der Waals surface area contributed by atoms with Crippen LogP contribution in [0.5, 0.6) is 0 Å². The fraction of sp³-hybridized carbons (Fsp3) is 0.417. The molecule has 1 aromatic carbocycles. The Morgan fingerprint density at radius 3 is 2.75 bits per heavy atom. The summed E-state index contributed by atoms with van der Waals surface area (Å²) in [4.78, 5) is 13.6. The van der Waals surface area contributed by atoms with Gasteiger partial charge in [0, 0.05) is 12.2 Å². The van der Waals surface area contributed by atoms with Gasteiger partial charge in [-0.2, -0.15) is 0 Å². The third-order valence-electron chi connectivity index (χ3n) is 2.20. The summed E-state index contributed by atoms with van der Waals surface area (Å²) < 4.78 is 5.11. The van der Waals surface area contributed by atoms with Crippen LogP contribution in [0.4, 0.5) is 5.69 Å². The van der Waals surface area contributed by atoms with Crippen LogP contribution in [0.25, 0.3) is 0 Å². The number of esters is 1. The van der Waals surface area contributed by atoms with E-state index >= 15 is 0 Å². The standard InChI is InChI=1S/C12H18N2O2/c1-9-4-5-11(13)10(8-9)12(15)16-7-6-14(2)3/h4-5,8H,6-7,13H2,1-3H3. The number of ether oxygens (including phenoxy) is 1. The highest BCUT2D eigenvalue weighted by atomic mass is 16.5. The fourth-order valence-electron chi connectivity index (χ4n) is 1.25. The summed E-state index contributed by atoms with van der Waals surface area (Å²) in [6.07, 6.45) is 0. The first kappa shape index (κ1) is 12.5. The van der Waals surface area contributed by atoms with Crippen molar-refractivity contribution < 1.29 is 9.53 Å². The van der Waals surface area contributed by atoms with Crippen molar-refractivity contribution in [3.8, 4) is 0 Å². The van der Waals surface area contributed by atoms with Crippen LogP contribution in [0.1, 0.15) is 15.9 Å².